The van der Waals surface area contributed by atoms with Crippen LogP contribution in [0.1, 0.15) is 33.6 Å². The largest absolute Gasteiger partial charge is 0.466 e. The molecule has 0 aromatic rings. The third-order valence-corrected chi connectivity index (χ3v) is 1.52. The topological polar surface area (TPSA) is 26.3 Å². The van der Waals surface area contributed by atoms with Gasteiger partial charge in [0.15, 0.2) is 0 Å². The summed E-state index contributed by atoms with van der Waals surface area (Å²) in [6, 6.07) is 0. The van der Waals surface area contributed by atoms with E-state index in [2.05, 4.69) is 13.8 Å². The highest BCUT2D eigenvalue weighted by molar-refractivity contribution is 5.69. The molecule has 0 spiro atoms. The Bertz CT molecular complexity index is 99.4. The molecule has 0 saturated heterocycles. The number of esters is 1. The van der Waals surface area contributed by atoms with Crippen molar-refractivity contribution < 1.29 is 9.53 Å². The van der Waals surface area contributed by atoms with E-state index in [4.69, 9.17) is 4.74 Å². The molecule has 0 fully saturated rings. The van der Waals surface area contributed by atoms with Crippen LogP contribution in [-0.4, -0.2) is 12.6 Å². The van der Waals surface area contributed by atoms with E-state index in [-0.39, 0.29) is 5.97 Å². The molecule has 0 aliphatic carbocycles. The maximum Gasteiger partial charge on any atom is 0.306 e. The van der Waals surface area contributed by atoms with E-state index >= 15 is 0 Å². The van der Waals surface area contributed by atoms with E-state index in [1.807, 2.05) is 6.92 Å². The first-order valence-electron chi connectivity index (χ1n) is 3.86. The number of carbonyl (C=O) groups excluding carboxylic acids is 1. The molecule has 10 heavy (non-hydrogen) atoms. The van der Waals surface area contributed by atoms with Crippen LogP contribution in [0.5, 0.6) is 0 Å². The molecule has 60 valence electrons. The van der Waals surface area contributed by atoms with Gasteiger partial charge in [-0.1, -0.05) is 20.3 Å². The molecule has 0 amide bonds. The summed E-state index contributed by atoms with van der Waals surface area (Å²) in [7, 11) is 0. The number of hydrogen-bond donors (Lipinski definition) is 0. The first-order chi connectivity index (χ1) is 4.70. The van der Waals surface area contributed by atoms with Crippen molar-refractivity contribution in [3.05, 3.63) is 0 Å². The van der Waals surface area contributed by atoms with Gasteiger partial charge in [0.1, 0.15) is 0 Å². The summed E-state index contributed by atoms with van der Waals surface area (Å²) in [5.41, 5.74) is 0. The molecule has 2 heteroatoms. The molecule has 0 aromatic carbocycles. The monoisotopic (exact) mass is 144 g/mol. The first kappa shape index (κ1) is 9.47. The van der Waals surface area contributed by atoms with Crippen LogP contribution in [0.3, 0.4) is 0 Å². The minimum atomic E-state index is -0.0724. The lowest BCUT2D eigenvalue weighted by molar-refractivity contribution is -0.144. The molecule has 0 aliphatic heterocycles. The second-order valence-electron chi connectivity index (χ2n) is 2.52. The summed E-state index contributed by atoms with van der Waals surface area (Å²) in [4.78, 5) is 10.8. The number of rotatable bonds is 4. The highest BCUT2D eigenvalue weighted by atomic mass is 16.5. The summed E-state index contributed by atoms with van der Waals surface area (Å²) < 4.78 is 4.78. The van der Waals surface area contributed by atoms with Crippen LogP contribution in [0, 0.1) is 5.92 Å². The van der Waals surface area contributed by atoms with Gasteiger partial charge in [0, 0.05) is 6.42 Å². The first-order valence-corrected chi connectivity index (χ1v) is 3.86. The van der Waals surface area contributed by atoms with E-state index < -0.39 is 0 Å². The SMILES string of the molecule is CCOC(=O)C[C@H](C)CC. The van der Waals surface area contributed by atoms with Gasteiger partial charge >= 0.3 is 5.97 Å². The van der Waals surface area contributed by atoms with Crippen molar-refractivity contribution in [1.82, 2.24) is 0 Å². The van der Waals surface area contributed by atoms with Crippen LogP contribution >= 0.6 is 0 Å². The molecule has 0 rings (SSSR count). The molecule has 0 aromatic heterocycles. The number of carbonyl (C=O) groups is 1. The molecular formula is C8H16O2. The highest BCUT2D eigenvalue weighted by Gasteiger charge is 2.06. The van der Waals surface area contributed by atoms with Gasteiger partial charge in [0.05, 0.1) is 6.61 Å². The van der Waals surface area contributed by atoms with Gasteiger partial charge < -0.3 is 4.74 Å². The quantitative estimate of drug-likeness (QED) is 0.564. The zero-order chi connectivity index (χ0) is 7.98. The summed E-state index contributed by atoms with van der Waals surface area (Å²) in [5, 5.41) is 0. The fourth-order valence-corrected chi connectivity index (χ4v) is 0.649. The maximum absolute atomic E-state index is 10.8. The minimum Gasteiger partial charge on any atom is -0.466 e. The lowest BCUT2D eigenvalue weighted by Gasteiger charge is -2.06. The molecule has 0 bridgehead atoms. The van der Waals surface area contributed by atoms with Crippen LogP contribution < -0.4 is 0 Å². The Morgan fingerprint density at radius 3 is 2.50 bits per heavy atom. The summed E-state index contributed by atoms with van der Waals surface area (Å²) in [5.74, 6) is 0.385. The third kappa shape index (κ3) is 4.36. The molecule has 0 radical (unpaired) electrons. The zero-order valence-electron chi connectivity index (χ0n) is 7.02. The lowest BCUT2D eigenvalue weighted by Crippen LogP contribution is -2.08. The number of hydrogen-bond acceptors (Lipinski definition) is 2. The van der Waals surface area contributed by atoms with E-state index in [0.717, 1.165) is 6.42 Å². The van der Waals surface area contributed by atoms with Crippen molar-refractivity contribution in [2.24, 2.45) is 5.92 Å². The Balaban J connectivity index is 3.37. The predicted octanol–water partition coefficient (Wildman–Crippen LogP) is 1.99. The molecule has 0 heterocycles. The van der Waals surface area contributed by atoms with Gasteiger partial charge in [-0.25, -0.2) is 0 Å². The maximum atomic E-state index is 10.8. The van der Waals surface area contributed by atoms with Gasteiger partial charge in [0.25, 0.3) is 0 Å². The normalized spacial score (nSPS) is 12.7. The Hall–Kier alpha value is -0.530. The summed E-state index contributed by atoms with van der Waals surface area (Å²) in [6.45, 7) is 6.45. The second-order valence-corrected chi connectivity index (χ2v) is 2.52. The Morgan fingerprint density at radius 1 is 1.50 bits per heavy atom. The smallest absolute Gasteiger partial charge is 0.306 e. The fraction of sp³-hybridized carbons (Fsp3) is 0.875. The molecule has 0 aliphatic rings. The van der Waals surface area contributed by atoms with Crippen LogP contribution in [0.2, 0.25) is 0 Å². The molecule has 1 atom stereocenters. The Labute approximate surface area is 62.6 Å². The van der Waals surface area contributed by atoms with E-state index in [1.165, 1.54) is 0 Å². The zero-order valence-corrected chi connectivity index (χ0v) is 7.02. The molecule has 2 nitrogen and oxygen atoms in total. The van der Waals surface area contributed by atoms with Crippen molar-refractivity contribution in [2.45, 2.75) is 33.6 Å². The van der Waals surface area contributed by atoms with Crippen LogP contribution in [0.25, 0.3) is 0 Å². The van der Waals surface area contributed by atoms with Gasteiger partial charge in [-0.2, -0.15) is 0 Å². The van der Waals surface area contributed by atoms with E-state index in [1.54, 1.807) is 0 Å². The average molecular weight is 144 g/mol. The van der Waals surface area contributed by atoms with Crippen molar-refractivity contribution in [2.75, 3.05) is 6.61 Å². The summed E-state index contributed by atoms with van der Waals surface area (Å²) in [6.07, 6.45) is 1.60. The van der Waals surface area contributed by atoms with E-state index in [0.29, 0.717) is 18.9 Å². The highest BCUT2D eigenvalue weighted by Crippen LogP contribution is 2.06. The standard InChI is InChI=1S/C8H16O2/c1-4-7(3)6-8(9)10-5-2/h7H,4-6H2,1-3H3/t7-/m1/s1. The molecule has 0 saturated carbocycles. The van der Waals surface area contributed by atoms with Crippen LogP contribution in [-0.2, 0) is 9.53 Å². The fourth-order valence-electron chi connectivity index (χ4n) is 0.649. The summed E-state index contributed by atoms with van der Waals surface area (Å²) >= 11 is 0. The van der Waals surface area contributed by atoms with Gasteiger partial charge in [-0.3, -0.25) is 4.79 Å². The van der Waals surface area contributed by atoms with Crippen molar-refractivity contribution in [3.8, 4) is 0 Å². The van der Waals surface area contributed by atoms with Gasteiger partial charge in [-0.05, 0) is 12.8 Å². The Kier molecular flexibility index (Phi) is 4.99. The molecule has 0 unspecified atom stereocenters. The second kappa shape index (κ2) is 5.27. The van der Waals surface area contributed by atoms with E-state index in [9.17, 15) is 4.79 Å². The average Bonchev–Trinajstić information content (AvgIpc) is 1.88. The third-order valence-electron chi connectivity index (χ3n) is 1.52. The minimum absolute atomic E-state index is 0.0724. The van der Waals surface area contributed by atoms with Crippen LogP contribution in [0.4, 0.5) is 0 Å². The van der Waals surface area contributed by atoms with Gasteiger partial charge in [-0.15, -0.1) is 0 Å². The van der Waals surface area contributed by atoms with Crippen molar-refractivity contribution in [1.29, 1.82) is 0 Å². The lowest BCUT2D eigenvalue weighted by atomic mass is 10.1. The Morgan fingerprint density at radius 2 is 2.10 bits per heavy atom. The predicted molar refractivity (Wildman–Crippen MR) is 40.7 cm³/mol. The molecule has 0 N–H and O–H groups in total. The van der Waals surface area contributed by atoms with Crippen molar-refractivity contribution in [3.63, 3.8) is 0 Å². The van der Waals surface area contributed by atoms with Gasteiger partial charge in [0.2, 0.25) is 0 Å². The van der Waals surface area contributed by atoms with Crippen LogP contribution in [0.15, 0.2) is 0 Å². The molecular weight excluding hydrogens is 128 g/mol. The number of ether oxygens (including phenoxy) is 1. The van der Waals surface area contributed by atoms with Crippen molar-refractivity contribution >= 4 is 5.97 Å².